The maximum atomic E-state index is 6.34. The third kappa shape index (κ3) is 1.53. The fraction of sp³-hybridized carbons (Fsp3) is 0.846. The van der Waals surface area contributed by atoms with Crippen LogP contribution in [0.3, 0.4) is 0 Å². The van der Waals surface area contributed by atoms with Crippen molar-refractivity contribution in [1.29, 1.82) is 0 Å². The van der Waals surface area contributed by atoms with Crippen LogP contribution in [0, 0.1) is 11.8 Å². The molecule has 3 aliphatic rings. The number of nitrogens with two attached hydrogens (primary N) is 1. The number of nitrogens with zero attached hydrogens (tertiary/aromatic N) is 2. The molecule has 4 nitrogen and oxygen atoms in total. The van der Waals surface area contributed by atoms with Crippen LogP contribution in [0.1, 0.15) is 62.6 Å². The van der Waals surface area contributed by atoms with E-state index in [1.165, 1.54) is 32.1 Å². The Labute approximate surface area is 101 Å². The van der Waals surface area contributed by atoms with E-state index >= 15 is 0 Å². The van der Waals surface area contributed by atoms with Crippen molar-refractivity contribution in [3.05, 3.63) is 11.7 Å². The largest absolute Gasteiger partial charge is 0.339 e. The third-order valence-corrected chi connectivity index (χ3v) is 4.98. The molecule has 2 N–H and O–H groups in total. The average molecular weight is 233 g/mol. The van der Waals surface area contributed by atoms with Crippen LogP contribution in [0.15, 0.2) is 4.52 Å². The van der Waals surface area contributed by atoms with E-state index in [1.54, 1.807) is 0 Å². The van der Waals surface area contributed by atoms with Gasteiger partial charge in [0.1, 0.15) is 0 Å². The molecule has 4 rings (SSSR count). The van der Waals surface area contributed by atoms with E-state index in [9.17, 15) is 0 Å². The molecule has 0 spiro atoms. The first-order chi connectivity index (χ1) is 8.24. The Bertz CT molecular complexity index is 426. The van der Waals surface area contributed by atoms with Gasteiger partial charge in [0.15, 0.2) is 5.82 Å². The van der Waals surface area contributed by atoms with Crippen molar-refractivity contribution in [3.8, 4) is 0 Å². The van der Waals surface area contributed by atoms with Crippen LogP contribution in [0.25, 0.3) is 0 Å². The summed E-state index contributed by atoms with van der Waals surface area (Å²) in [6.07, 6.45) is 8.32. The summed E-state index contributed by atoms with van der Waals surface area (Å²) in [5.74, 6) is 4.03. The van der Waals surface area contributed by atoms with Crippen LogP contribution in [0.5, 0.6) is 0 Å². The monoisotopic (exact) mass is 233 g/mol. The van der Waals surface area contributed by atoms with E-state index in [-0.39, 0.29) is 5.54 Å². The van der Waals surface area contributed by atoms with Gasteiger partial charge in [-0.05, 0) is 43.9 Å². The van der Waals surface area contributed by atoms with E-state index in [0.717, 1.165) is 36.4 Å². The summed E-state index contributed by atoms with van der Waals surface area (Å²) < 4.78 is 5.45. The summed E-state index contributed by atoms with van der Waals surface area (Å²) >= 11 is 0. The SMILES string of the molecule is NC1(c2noc(C3CC4CC4C3)n2)CCCC1. The van der Waals surface area contributed by atoms with Gasteiger partial charge >= 0.3 is 0 Å². The van der Waals surface area contributed by atoms with Crippen LogP contribution in [0.2, 0.25) is 0 Å². The van der Waals surface area contributed by atoms with Crippen molar-refractivity contribution in [1.82, 2.24) is 10.1 Å². The van der Waals surface area contributed by atoms with Gasteiger partial charge in [-0.25, -0.2) is 0 Å². The zero-order valence-corrected chi connectivity index (χ0v) is 10.1. The van der Waals surface area contributed by atoms with Crippen molar-refractivity contribution in [2.75, 3.05) is 0 Å². The first-order valence-corrected chi connectivity index (χ1v) is 6.87. The molecular formula is C13H19N3O. The lowest BCUT2D eigenvalue weighted by Gasteiger charge is -2.17. The molecule has 1 aromatic rings. The lowest BCUT2D eigenvalue weighted by molar-refractivity contribution is 0.329. The number of hydrogen-bond acceptors (Lipinski definition) is 4. The molecule has 0 saturated heterocycles. The Morgan fingerprint density at radius 3 is 2.53 bits per heavy atom. The summed E-state index contributed by atoms with van der Waals surface area (Å²) in [6, 6.07) is 0. The van der Waals surface area contributed by atoms with Gasteiger partial charge < -0.3 is 10.3 Å². The molecule has 17 heavy (non-hydrogen) atoms. The van der Waals surface area contributed by atoms with Gasteiger partial charge in [-0.3, -0.25) is 0 Å². The fourth-order valence-electron chi connectivity index (χ4n) is 3.75. The molecule has 0 amide bonds. The van der Waals surface area contributed by atoms with Gasteiger partial charge in [-0.1, -0.05) is 18.0 Å². The quantitative estimate of drug-likeness (QED) is 0.851. The molecule has 2 atom stereocenters. The van der Waals surface area contributed by atoms with E-state index in [1.807, 2.05) is 0 Å². The highest BCUT2D eigenvalue weighted by Gasteiger charge is 2.48. The topological polar surface area (TPSA) is 64.9 Å². The van der Waals surface area contributed by atoms with Gasteiger partial charge in [0.25, 0.3) is 0 Å². The minimum Gasteiger partial charge on any atom is -0.339 e. The lowest BCUT2D eigenvalue weighted by Crippen LogP contribution is -2.34. The van der Waals surface area contributed by atoms with Gasteiger partial charge in [-0.15, -0.1) is 0 Å². The molecule has 0 bridgehead atoms. The Morgan fingerprint density at radius 2 is 1.82 bits per heavy atom. The van der Waals surface area contributed by atoms with E-state index in [0.29, 0.717) is 5.92 Å². The lowest BCUT2D eigenvalue weighted by atomic mass is 9.98. The van der Waals surface area contributed by atoms with Crippen molar-refractivity contribution in [2.45, 2.75) is 56.4 Å². The molecule has 3 aliphatic carbocycles. The molecule has 1 heterocycles. The Morgan fingerprint density at radius 1 is 1.12 bits per heavy atom. The second-order valence-electron chi connectivity index (χ2n) is 6.24. The van der Waals surface area contributed by atoms with Crippen LogP contribution >= 0.6 is 0 Å². The minimum absolute atomic E-state index is 0.302. The standard InChI is InChI=1S/C13H19N3O/c14-13(3-1-2-4-13)12-15-11(17-16-12)10-6-8-5-9(8)7-10/h8-10H,1-7,14H2. The zero-order valence-electron chi connectivity index (χ0n) is 10.1. The Hall–Kier alpha value is -0.900. The highest BCUT2D eigenvalue weighted by Crippen LogP contribution is 2.57. The van der Waals surface area contributed by atoms with Crippen LogP contribution < -0.4 is 5.73 Å². The summed E-state index contributed by atoms with van der Waals surface area (Å²) in [6.45, 7) is 0. The number of aromatic nitrogens is 2. The van der Waals surface area contributed by atoms with Crippen molar-refractivity contribution in [2.24, 2.45) is 17.6 Å². The highest BCUT2D eigenvalue weighted by molar-refractivity contribution is 5.11. The van der Waals surface area contributed by atoms with Gasteiger partial charge in [0.05, 0.1) is 5.54 Å². The summed E-state index contributed by atoms with van der Waals surface area (Å²) in [7, 11) is 0. The predicted molar refractivity (Wildman–Crippen MR) is 62.2 cm³/mol. The van der Waals surface area contributed by atoms with E-state index < -0.39 is 0 Å². The van der Waals surface area contributed by atoms with Gasteiger partial charge in [0, 0.05) is 5.92 Å². The van der Waals surface area contributed by atoms with Crippen molar-refractivity contribution < 1.29 is 4.52 Å². The van der Waals surface area contributed by atoms with E-state index in [2.05, 4.69) is 10.1 Å². The van der Waals surface area contributed by atoms with Crippen LogP contribution in [0.4, 0.5) is 0 Å². The maximum Gasteiger partial charge on any atom is 0.229 e. The van der Waals surface area contributed by atoms with E-state index in [4.69, 9.17) is 10.3 Å². The number of fused-ring (bicyclic) bond motifs is 1. The molecule has 3 saturated carbocycles. The average Bonchev–Trinajstić information content (AvgIpc) is 2.84. The molecule has 0 radical (unpaired) electrons. The first kappa shape index (κ1) is 10.1. The Balaban J connectivity index is 1.56. The molecule has 0 aromatic carbocycles. The smallest absolute Gasteiger partial charge is 0.229 e. The minimum atomic E-state index is -0.302. The summed E-state index contributed by atoms with van der Waals surface area (Å²) in [5.41, 5.74) is 6.04. The fourth-order valence-corrected chi connectivity index (χ4v) is 3.75. The molecule has 1 aromatic heterocycles. The molecule has 2 unspecified atom stereocenters. The zero-order chi connectivity index (χ0) is 11.5. The summed E-state index contributed by atoms with van der Waals surface area (Å²) in [4.78, 5) is 4.60. The number of rotatable bonds is 2. The van der Waals surface area contributed by atoms with Crippen molar-refractivity contribution in [3.63, 3.8) is 0 Å². The highest BCUT2D eigenvalue weighted by atomic mass is 16.5. The molecule has 4 heteroatoms. The molecule has 3 fully saturated rings. The van der Waals surface area contributed by atoms with Crippen LogP contribution in [-0.2, 0) is 5.54 Å². The normalized spacial score (nSPS) is 38.3. The molecule has 92 valence electrons. The molecule has 0 aliphatic heterocycles. The summed E-state index contributed by atoms with van der Waals surface area (Å²) in [5, 5.41) is 4.14. The predicted octanol–water partition coefficient (Wildman–Crippen LogP) is 2.31. The van der Waals surface area contributed by atoms with Crippen LogP contribution in [-0.4, -0.2) is 10.1 Å². The van der Waals surface area contributed by atoms with Gasteiger partial charge in [0.2, 0.25) is 5.89 Å². The third-order valence-electron chi connectivity index (χ3n) is 4.98. The number of hydrogen-bond donors (Lipinski definition) is 1. The first-order valence-electron chi connectivity index (χ1n) is 6.87. The maximum absolute atomic E-state index is 6.34. The van der Waals surface area contributed by atoms with Gasteiger partial charge in [-0.2, -0.15) is 4.98 Å². The molecular weight excluding hydrogens is 214 g/mol. The second-order valence-corrected chi connectivity index (χ2v) is 6.24. The van der Waals surface area contributed by atoms with Crippen molar-refractivity contribution >= 4 is 0 Å². The Kier molecular flexibility index (Phi) is 1.96. The second kappa shape index (κ2) is 3.31.